The van der Waals surface area contributed by atoms with Crippen molar-refractivity contribution in [3.63, 3.8) is 0 Å². The Morgan fingerprint density at radius 2 is 2.05 bits per heavy atom. The van der Waals surface area contributed by atoms with Gasteiger partial charge in [0.05, 0.1) is 12.5 Å². The largest absolute Gasteiger partial charge is 0.494 e. The van der Waals surface area contributed by atoms with Gasteiger partial charge in [-0.25, -0.2) is 0 Å². The summed E-state index contributed by atoms with van der Waals surface area (Å²) in [6.07, 6.45) is 1.00. The molecule has 0 aliphatic carbocycles. The molecule has 0 saturated carbocycles. The molecule has 1 aromatic carbocycles. The fraction of sp³-hybridized carbons (Fsp3) is 0.588. The minimum absolute atomic E-state index is 0.206. The normalized spacial score (nSPS) is 24.0. The Labute approximate surface area is 126 Å². The maximum Gasteiger partial charge on any atom is 0.308 e. The highest BCUT2D eigenvalue weighted by molar-refractivity contribution is 5.71. The molecule has 0 radical (unpaired) electrons. The van der Waals surface area contributed by atoms with Gasteiger partial charge in [0.15, 0.2) is 0 Å². The van der Waals surface area contributed by atoms with Crippen LogP contribution in [0.4, 0.5) is 0 Å². The third-order valence-corrected chi connectivity index (χ3v) is 4.34. The minimum Gasteiger partial charge on any atom is -0.494 e. The van der Waals surface area contributed by atoms with Crippen LogP contribution in [0.1, 0.15) is 38.8 Å². The lowest BCUT2D eigenvalue weighted by Gasteiger charge is -2.24. The van der Waals surface area contributed by atoms with E-state index in [-0.39, 0.29) is 17.9 Å². The van der Waals surface area contributed by atoms with Crippen LogP contribution < -0.4 is 4.74 Å². The van der Waals surface area contributed by atoms with E-state index >= 15 is 0 Å². The van der Waals surface area contributed by atoms with Crippen molar-refractivity contribution in [1.29, 1.82) is 0 Å². The maximum atomic E-state index is 11.2. The van der Waals surface area contributed by atoms with Gasteiger partial charge in [0.1, 0.15) is 5.75 Å². The van der Waals surface area contributed by atoms with E-state index in [2.05, 4.69) is 30.9 Å². The van der Waals surface area contributed by atoms with Crippen molar-refractivity contribution < 1.29 is 14.6 Å². The summed E-state index contributed by atoms with van der Waals surface area (Å²) in [5, 5.41) is 9.23. The SMILES string of the molecule is CCCOc1ccc(C(C)N2C[C@@H](C)[C@H](C(=O)O)C2)cc1. The summed E-state index contributed by atoms with van der Waals surface area (Å²) in [6, 6.07) is 8.38. The molecule has 0 bridgehead atoms. The zero-order valence-electron chi connectivity index (χ0n) is 13.1. The van der Waals surface area contributed by atoms with E-state index in [1.807, 2.05) is 19.1 Å². The lowest BCUT2D eigenvalue weighted by Crippen LogP contribution is -2.26. The highest BCUT2D eigenvalue weighted by Gasteiger charge is 2.36. The number of hydrogen-bond acceptors (Lipinski definition) is 3. The fourth-order valence-electron chi connectivity index (χ4n) is 2.92. The molecule has 0 aromatic heterocycles. The van der Waals surface area contributed by atoms with Crippen LogP contribution in [0.2, 0.25) is 0 Å². The third-order valence-electron chi connectivity index (χ3n) is 4.34. The Balaban J connectivity index is 2.00. The van der Waals surface area contributed by atoms with Crippen molar-refractivity contribution in [2.75, 3.05) is 19.7 Å². The molecule has 1 aliphatic rings. The molecule has 3 atom stereocenters. The van der Waals surface area contributed by atoms with Gasteiger partial charge in [-0.05, 0) is 37.0 Å². The summed E-state index contributed by atoms with van der Waals surface area (Å²) in [7, 11) is 0. The Hall–Kier alpha value is -1.55. The predicted molar refractivity (Wildman–Crippen MR) is 82.5 cm³/mol. The van der Waals surface area contributed by atoms with Gasteiger partial charge in [-0.1, -0.05) is 26.0 Å². The van der Waals surface area contributed by atoms with Crippen LogP contribution in [0.5, 0.6) is 5.75 Å². The number of carboxylic acids is 1. The van der Waals surface area contributed by atoms with Crippen molar-refractivity contribution in [1.82, 2.24) is 4.90 Å². The zero-order valence-corrected chi connectivity index (χ0v) is 13.1. The second-order valence-corrected chi connectivity index (χ2v) is 5.97. The molecule has 2 rings (SSSR count). The van der Waals surface area contributed by atoms with Crippen LogP contribution in [0, 0.1) is 11.8 Å². The molecule has 4 heteroatoms. The van der Waals surface area contributed by atoms with Crippen molar-refractivity contribution in [2.24, 2.45) is 11.8 Å². The molecule has 21 heavy (non-hydrogen) atoms. The zero-order chi connectivity index (χ0) is 15.4. The van der Waals surface area contributed by atoms with Crippen LogP contribution in [0.25, 0.3) is 0 Å². The summed E-state index contributed by atoms with van der Waals surface area (Å²) in [4.78, 5) is 13.5. The molecule has 1 unspecified atom stereocenters. The Morgan fingerprint density at radius 3 is 2.57 bits per heavy atom. The Bertz CT molecular complexity index is 471. The second-order valence-electron chi connectivity index (χ2n) is 5.97. The first kappa shape index (κ1) is 15.8. The molecule has 1 N–H and O–H groups in total. The van der Waals surface area contributed by atoms with Gasteiger partial charge in [-0.15, -0.1) is 0 Å². The number of benzene rings is 1. The van der Waals surface area contributed by atoms with Gasteiger partial charge in [0.25, 0.3) is 0 Å². The Morgan fingerprint density at radius 1 is 1.38 bits per heavy atom. The first-order valence-electron chi connectivity index (χ1n) is 7.72. The predicted octanol–water partition coefficient (Wildman–Crippen LogP) is 3.19. The molecule has 1 fully saturated rings. The van der Waals surface area contributed by atoms with Gasteiger partial charge in [0, 0.05) is 19.1 Å². The van der Waals surface area contributed by atoms with Gasteiger partial charge < -0.3 is 9.84 Å². The number of hydrogen-bond donors (Lipinski definition) is 1. The first-order valence-corrected chi connectivity index (χ1v) is 7.72. The fourth-order valence-corrected chi connectivity index (χ4v) is 2.92. The highest BCUT2D eigenvalue weighted by atomic mass is 16.5. The van der Waals surface area contributed by atoms with Gasteiger partial charge in [-0.3, -0.25) is 9.69 Å². The molecule has 0 amide bonds. The molecule has 116 valence electrons. The number of rotatable bonds is 6. The van der Waals surface area contributed by atoms with Crippen LogP contribution in [0.3, 0.4) is 0 Å². The number of nitrogens with zero attached hydrogens (tertiary/aromatic N) is 1. The molecular formula is C17H25NO3. The third kappa shape index (κ3) is 3.76. The molecule has 4 nitrogen and oxygen atoms in total. The standard InChI is InChI=1S/C17H25NO3/c1-4-9-21-15-7-5-14(6-8-15)13(3)18-10-12(2)16(11-18)17(19)20/h5-8,12-13,16H,4,9-11H2,1-3H3,(H,19,20)/t12-,13?,16-/m1/s1. The van der Waals surface area contributed by atoms with Crippen LogP contribution in [-0.4, -0.2) is 35.7 Å². The van der Waals surface area contributed by atoms with Crippen molar-refractivity contribution in [2.45, 2.75) is 33.2 Å². The van der Waals surface area contributed by atoms with E-state index in [0.29, 0.717) is 6.54 Å². The number of carboxylic acid groups (broad SMARTS) is 1. The van der Waals surface area contributed by atoms with Crippen molar-refractivity contribution >= 4 is 5.97 Å². The quantitative estimate of drug-likeness (QED) is 0.874. The summed E-state index contributed by atoms with van der Waals surface area (Å²) >= 11 is 0. The number of aliphatic carboxylic acids is 1. The molecule has 1 aliphatic heterocycles. The number of likely N-dealkylation sites (tertiary alicyclic amines) is 1. The lowest BCUT2D eigenvalue weighted by molar-refractivity contribution is -0.142. The monoisotopic (exact) mass is 291 g/mol. The van der Waals surface area contributed by atoms with E-state index in [9.17, 15) is 9.90 Å². The van der Waals surface area contributed by atoms with Crippen LogP contribution in [-0.2, 0) is 4.79 Å². The van der Waals surface area contributed by atoms with Crippen molar-refractivity contribution in [3.05, 3.63) is 29.8 Å². The van der Waals surface area contributed by atoms with E-state index in [0.717, 1.165) is 25.3 Å². The number of ether oxygens (including phenoxy) is 1. The van der Waals surface area contributed by atoms with Gasteiger partial charge >= 0.3 is 5.97 Å². The summed E-state index contributed by atoms with van der Waals surface area (Å²) < 4.78 is 5.59. The summed E-state index contributed by atoms with van der Waals surface area (Å²) in [5.74, 6) is 0.170. The number of carbonyl (C=O) groups is 1. The van der Waals surface area contributed by atoms with E-state index < -0.39 is 5.97 Å². The topological polar surface area (TPSA) is 49.8 Å². The summed E-state index contributed by atoms with van der Waals surface area (Å²) in [5.41, 5.74) is 1.21. The minimum atomic E-state index is -0.680. The van der Waals surface area contributed by atoms with Crippen LogP contribution >= 0.6 is 0 Å². The first-order chi connectivity index (χ1) is 10.0. The Kier molecular flexibility index (Phi) is 5.23. The molecule has 1 aromatic rings. The highest BCUT2D eigenvalue weighted by Crippen LogP contribution is 2.31. The van der Waals surface area contributed by atoms with Crippen LogP contribution in [0.15, 0.2) is 24.3 Å². The maximum absolute atomic E-state index is 11.2. The van der Waals surface area contributed by atoms with Gasteiger partial charge in [-0.2, -0.15) is 0 Å². The lowest BCUT2D eigenvalue weighted by atomic mass is 9.99. The summed E-state index contributed by atoms with van der Waals surface area (Å²) in [6.45, 7) is 8.45. The molecular weight excluding hydrogens is 266 g/mol. The van der Waals surface area contributed by atoms with Gasteiger partial charge in [0.2, 0.25) is 0 Å². The smallest absolute Gasteiger partial charge is 0.308 e. The van der Waals surface area contributed by atoms with E-state index in [1.165, 1.54) is 5.56 Å². The van der Waals surface area contributed by atoms with E-state index in [4.69, 9.17) is 4.74 Å². The molecule has 1 heterocycles. The van der Waals surface area contributed by atoms with E-state index in [1.54, 1.807) is 0 Å². The second kappa shape index (κ2) is 6.94. The molecule has 1 saturated heterocycles. The molecule has 0 spiro atoms. The average Bonchev–Trinajstić information content (AvgIpc) is 2.87. The van der Waals surface area contributed by atoms with Crippen molar-refractivity contribution in [3.8, 4) is 5.75 Å². The average molecular weight is 291 g/mol.